The summed E-state index contributed by atoms with van der Waals surface area (Å²) < 4.78 is 0. The highest BCUT2D eigenvalue weighted by Crippen LogP contribution is 2.26. The second-order valence-corrected chi connectivity index (χ2v) is 10.4. The Bertz CT molecular complexity index is 1170. The van der Waals surface area contributed by atoms with E-state index < -0.39 is 30.1 Å². The van der Waals surface area contributed by atoms with E-state index in [1.165, 1.54) is 9.80 Å². The van der Waals surface area contributed by atoms with Crippen molar-refractivity contribution in [1.82, 2.24) is 15.1 Å². The van der Waals surface area contributed by atoms with Gasteiger partial charge in [-0.3, -0.25) is 14.4 Å². The molecular formula is C29H36N4O6. The first-order valence-electron chi connectivity index (χ1n) is 13.4. The number of nitrogens with two attached hydrogens (primary N) is 1. The van der Waals surface area contributed by atoms with Crippen molar-refractivity contribution in [3.8, 4) is 5.75 Å². The maximum absolute atomic E-state index is 13.8. The molecule has 0 aromatic heterocycles. The maximum Gasteiger partial charge on any atom is 0.326 e. The molecule has 4 atom stereocenters. The number of hydrogen-bond acceptors (Lipinski definition) is 6. The molecule has 4 unspecified atom stereocenters. The molecule has 2 aromatic carbocycles. The largest absolute Gasteiger partial charge is 0.508 e. The summed E-state index contributed by atoms with van der Waals surface area (Å²) in [5.74, 6) is -1.96. The molecule has 2 aliphatic rings. The van der Waals surface area contributed by atoms with Gasteiger partial charge in [-0.2, -0.15) is 0 Å². The smallest absolute Gasteiger partial charge is 0.326 e. The molecule has 2 fully saturated rings. The quantitative estimate of drug-likeness (QED) is 0.358. The van der Waals surface area contributed by atoms with Gasteiger partial charge in [0.2, 0.25) is 17.7 Å². The third kappa shape index (κ3) is 7.14. The van der Waals surface area contributed by atoms with Crippen LogP contribution in [0, 0.1) is 0 Å². The molecule has 0 aliphatic carbocycles. The van der Waals surface area contributed by atoms with Crippen LogP contribution in [0.25, 0.3) is 0 Å². The molecule has 2 heterocycles. The number of carboxylic acids is 1. The molecule has 0 saturated carbocycles. The van der Waals surface area contributed by atoms with Gasteiger partial charge < -0.3 is 31.1 Å². The minimum absolute atomic E-state index is 0.00409. The number of carboxylic acid groups (broad SMARTS) is 1. The van der Waals surface area contributed by atoms with Crippen LogP contribution in [0.4, 0.5) is 0 Å². The van der Waals surface area contributed by atoms with Gasteiger partial charge in [0.05, 0.1) is 0 Å². The molecule has 0 bridgehead atoms. The lowest BCUT2D eigenvalue weighted by molar-refractivity contribution is -0.152. The highest BCUT2D eigenvalue weighted by atomic mass is 16.4. The Morgan fingerprint density at radius 3 is 2.15 bits per heavy atom. The zero-order valence-corrected chi connectivity index (χ0v) is 21.9. The third-order valence-electron chi connectivity index (χ3n) is 7.44. The molecule has 2 aromatic rings. The number of carbonyl (C=O) groups excluding carboxylic acids is 3. The van der Waals surface area contributed by atoms with Gasteiger partial charge in [0, 0.05) is 32.0 Å². The number of nitrogens with one attached hydrogen (secondary N) is 1. The first-order valence-corrected chi connectivity index (χ1v) is 13.4. The molecule has 5 N–H and O–H groups in total. The zero-order valence-electron chi connectivity index (χ0n) is 21.9. The van der Waals surface area contributed by atoms with Gasteiger partial charge in [0.25, 0.3) is 0 Å². The van der Waals surface area contributed by atoms with Crippen molar-refractivity contribution in [3.63, 3.8) is 0 Å². The van der Waals surface area contributed by atoms with E-state index in [0.717, 1.165) is 11.1 Å². The highest BCUT2D eigenvalue weighted by Gasteiger charge is 2.43. The van der Waals surface area contributed by atoms with E-state index in [1.807, 2.05) is 30.3 Å². The molecular weight excluding hydrogens is 500 g/mol. The van der Waals surface area contributed by atoms with Crippen molar-refractivity contribution < 1.29 is 29.4 Å². The Labute approximate surface area is 227 Å². The van der Waals surface area contributed by atoms with Gasteiger partial charge >= 0.3 is 5.97 Å². The molecule has 0 radical (unpaired) electrons. The number of amides is 3. The lowest BCUT2D eigenvalue weighted by Crippen LogP contribution is -2.56. The van der Waals surface area contributed by atoms with Gasteiger partial charge in [-0.15, -0.1) is 0 Å². The number of aliphatic carboxylic acids is 1. The Kier molecular flexibility index (Phi) is 9.19. The summed E-state index contributed by atoms with van der Waals surface area (Å²) in [5.41, 5.74) is 7.96. The predicted octanol–water partition coefficient (Wildman–Crippen LogP) is 1.45. The molecule has 0 spiro atoms. The van der Waals surface area contributed by atoms with Gasteiger partial charge in [-0.05, 0) is 55.4 Å². The van der Waals surface area contributed by atoms with E-state index in [0.29, 0.717) is 45.2 Å². The minimum atomic E-state index is -1.03. The number of carbonyl (C=O) groups is 4. The van der Waals surface area contributed by atoms with Crippen LogP contribution in [-0.4, -0.2) is 81.0 Å². The van der Waals surface area contributed by atoms with Crippen LogP contribution in [0.15, 0.2) is 54.6 Å². The molecule has 208 valence electrons. The monoisotopic (exact) mass is 536 g/mol. The van der Waals surface area contributed by atoms with E-state index in [4.69, 9.17) is 5.73 Å². The molecule has 2 aliphatic heterocycles. The predicted molar refractivity (Wildman–Crippen MR) is 144 cm³/mol. The molecule has 10 nitrogen and oxygen atoms in total. The summed E-state index contributed by atoms with van der Waals surface area (Å²) in [6, 6.07) is 12.9. The first kappa shape index (κ1) is 28.1. The number of phenols is 1. The number of nitrogens with zero attached hydrogens (tertiary/aromatic N) is 2. The second kappa shape index (κ2) is 12.8. The van der Waals surface area contributed by atoms with Crippen molar-refractivity contribution in [1.29, 1.82) is 0 Å². The van der Waals surface area contributed by atoms with Crippen molar-refractivity contribution in [2.75, 3.05) is 13.1 Å². The molecule has 10 heteroatoms. The maximum atomic E-state index is 13.8. The highest BCUT2D eigenvalue weighted by molar-refractivity contribution is 5.94. The number of hydrogen-bond donors (Lipinski definition) is 4. The fourth-order valence-electron chi connectivity index (χ4n) is 5.51. The van der Waals surface area contributed by atoms with Crippen LogP contribution < -0.4 is 11.1 Å². The number of rotatable bonds is 10. The Hall–Kier alpha value is -3.92. The summed E-state index contributed by atoms with van der Waals surface area (Å²) in [6.07, 6.45) is 2.76. The SMILES string of the molecule is NC(CC(=O)NC(Cc1ccccc1)C(=O)N1CCCC1C(=O)N1CCCC1C(=O)O)Cc1ccc(O)cc1. The van der Waals surface area contributed by atoms with E-state index in [-0.39, 0.29) is 36.3 Å². The van der Waals surface area contributed by atoms with Crippen molar-refractivity contribution in [2.45, 2.75) is 69.1 Å². The van der Waals surface area contributed by atoms with Crippen molar-refractivity contribution in [3.05, 3.63) is 65.7 Å². The molecule has 4 rings (SSSR count). The van der Waals surface area contributed by atoms with Crippen molar-refractivity contribution >= 4 is 23.7 Å². The standard InChI is InChI=1S/C29H36N4O6/c30-21(16-20-10-12-22(34)13-11-20)18-26(35)31-23(17-19-6-2-1-3-7-19)27(36)32-14-4-8-24(32)28(37)33-15-5-9-25(33)29(38)39/h1-3,6-7,10-13,21,23-25,34H,4-5,8-9,14-18,30H2,(H,31,35)(H,38,39). The van der Waals surface area contributed by atoms with Crippen LogP contribution in [0.5, 0.6) is 5.75 Å². The van der Waals surface area contributed by atoms with Gasteiger partial charge in [-0.1, -0.05) is 42.5 Å². The molecule has 3 amide bonds. The van der Waals surface area contributed by atoms with Gasteiger partial charge in [0.1, 0.15) is 23.9 Å². The van der Waals surface area contributed by atoms with Crippen LogP contribution in [0.2, 0.25) is 0 Å². The molecule has 2 saturated heterocycles. The summed E-state index contributed by atoms with van der Waals surface area (Å²) in [7, 11) is 0. The first-order chi connectivity index (χ1) is 18.7. The summed E-state index contributed by atoms with van der Waals surface area (Å²) >= 11 is 0. The topological polar surface area (TPSA) is 153 Å². The fourth-order valence-corrected chi connectivity index (χ4v) is 5.51. The summed E-state index contributed by atoms with van der Waals surface area (Å²) in [5, 5.41) is 21.9. The Balaban J connectivity index is 1.46. The lowest BCUT2D eigenvalue weighted by atomic mass is 10.0. The summed E-state index contributed by atoms with van der Waals surface area (Å²) in [4.78, 5) is 54.7. The zero-order chi connectivity index (χ0) is 27.9. The normalized spacial score (nSPS) is 20.4. The van der Waals surface area contributed by atoms with Crippen LogP contribution >= 0.6 is 0 Å². The number of likely N-dealkylation sites (tertiary alicyclic amines) is 2. The van der Waals surface area contributed by atoms with Crippen LogP contribution in [0.3, 0.4) is 0 Å². The second-order valence-electron chi connectivity index (χ2n) is 10.4. The number of aromatic hydroxyl groups is 1. The molecule has 39 heavy (non-hydrogen) atoms. The minimum Gasteiger partial charge on any atom is -0.508 e. The number of benzene rings is 2. The van der Waals surface area contributed by atoms with Crippen LogP contribution in [0.1, 0.15) is 43.2 Å². The summed E-state index contributed by atoms with van der Waals surface area (Å²) in [6.45, 7) is 0.722. The van der Waals surface area contributed by atoms with E-state index in [9.17, 15) is 29.4 Å². The van der Waals surface area contributed by atoms with Crippen molar-refractivity contribution in [2.24, 2.45) is 5.73 Å². The average Bonchev–Trinajstić information content (AvgIpc) is 3.60. The third-order valence-corrected chi connectivity index (χ3v) is 7.44. The van der Waals surface area contributed by atoms with Gasteiger partial charge in [0.15, 0.2) is 0 Å². The lowest BCUT2D eigenvalue weighted by Gasteiger charge is -2.32. The van der Waals surface area contributed by atoms with Gasteiger partial charge in [-0.25, -0.2) is 4.79 Å². The van der Waals surface area contributed by atoms with E-state index in [1.54, 1.807) is 24.3 Å². The average molecular weight is 537 g/mol. The number of phenolic OH excluding ortho intramolecular Hbond substituents is 1. The van der Waals surface area contributed by atoms with Crippen LogP contribution in [-0.2, 0) is 32.0 Å². The fraction of sp³-hybridized carbons (Fsp3) is 0.448. The Morgan fingerprint density at radius 2 is 1.49 bits per heavy atom. The Morgan fingerprint density at radius 1 is 0.872 bits per heavy atom. The van der Waals surface area contributed by atoms with E-state index in [2.05, 4.69) is 5.32 Å². The van der Waals surface area contributed by atoms with E-state index >= 15 is 0 Å².